The van der Waals surface area contributed by atoms with Gasteiger partial charge in [-0.3, -0.25) is 9.69 Å². The minimum Gasteiger partial charge on any atom is -0.369 e. The van der Waals surface area contributed by atoms with Gasteiger partial charge in [-0.2, -0.15) is 0 Å². The molecule has 2 aliphatic rings. The van der Waals surface area contributed by atoms with Gasteiger partial charge in [-0.15, -0.1) is 0 Å². The lowest BCUT2D eigenvalue weighted by Gasteiger charge is -2.38. The number of carbonyl (C=O) groups excluding carboxylic acids is 1. The second-order valence-corrected chi connectivity index (χ2v) is 5.51. The quantitative estimate of drug-likeness (QED) is 0.767. The third kappa shape index (κ3) is 2.13. The van der Waals surface area contributed by atoms with Crippen molar-refractivity contribution in [2.75, 3.05) is 31.1 Å². The van der Waals surface area contributed by atoms with E-state index in [-0.39, 0.29) is 0 Å². The van der Waals surface area contributed by atoms with Crippen LogP contribution in [0.2, 0.25) is 5.02 Å². The van der Waals surface area contributed by atoms with Crippen LogP contribution in [0.5, 0.6) is 0 Å². The number of piperazine rings is 1. The Labute approximate surface area is 112 Å². The van der Waals surface area contributed by atoms with Gasteiger partial charge in [-0.05, 0) is 37.6 Å². The van der Waals surface area contributed by atoms with Crippen molar-refractivity contribution < 1.29 is 4.79 Å². The van der Waals surface area contributed by atoms with Crippen molar-refractivity contribution in [3.05, 3.63) is 28.8 Å². The Hall–Kier alpha value is -1.06. The SMILES string of the molecule is O=Cc1ccc(N2CCN3CCCC3C2)cc1Cl. The summed E-state index contributed by atoms with van der Waals surface area (Å²) in [5.41, 5.74) is 1.71. The molecule has 3 nitrogen and oxygen atoms in total. The molecule has 0 amide bonds. The molecule has 3 rings (SSSR count). The van der Waals surface area contributed by atoms with E-state index in [1.807, 2.05) is 18.2 Å². The van der Waals surface area contributed by atoms with Crippen LogP contribution >= 0.6 is 11.6 Å². The van der Waals surface area contributed by atoms with Gasteiger partial charge < -0.3 is 4.90 Å². The van der Waals surface area contributed by atoms with Crippen LogP contribution in [-0.2, 0) is 0 Å². The number of aldehydes is 1. The summed E-state index contributed by atoms with van der Waals surface area (Å²) in [6.45, 7) is 4.52. The molecule has 0 saturated carbocycles. The van der Waals surface area contributed by atoms with E-state index >= 15 is 0 Å². The fourth-order valence-electron chi connectivity index (χ4n) is 3.03. The van der Waals surface area contributed by atoms with Gasteiger partial charge in [0.15, 0.2) is 6.29 Å². The number of anilines is 1. The number of hydrogen-bond acceptors (Lipinski definition) is 3. The topological polar surface area (TPSA) is 23.6 Å². The Morgan fingerprint density at radius 3 is 2.94 bits per heavy atom. The summed E-state index contributed by atoms with van der Waals surface area (Å²) in [6.07, 6.45) is 3.43. The highest BCUT2D eigenvalue weighted by Gasteiger charge is 2.30. The van der Waals surface area contributed by atoms with Gasteiger partial charge in [-0.1, -0.05) is 11.6 Å². The largest absolute Gasteiger partial charge is 0.369 e. The van der Waals surface area contributed by atoms with Crippen LogP contribution in [0.25, 0.3) is 0 Å². The van der Waals surface area contributed by atoms with E-state index in [0.717, 1.165) is 31.6 Å². The van der Waals surface area contributed by atoms with Gasteiger partial charge >= 0.3 is 0 Å². The second-order valence-electron chi connectivity index (χ2n) is 5.10. The van der Waals surface area contributed by atoms with Gasteiger partial charge in [-0.25, -0.2) is 0 Å². The van der Waals surface area contributed by atoms with Gasteiger partial charge in [0.1, 0.15) is 0 Å². The fraction of sp³-hybridized carbons (Fsp3) is 0.500. The molecule has 0 N–H and O–H groups in total. The van der Waals surface area contributed by atoms with Crippen molar-refractivity contribution in [2.45, 2.75) is 18.9 Å². The van der Waals surface area contributed by atoms with Crippen LogP contribution in [0.15, 0.2) is 18.2 Å². The molecule has 0 aromatic heterocycles. The molecule has 1 unspecified atom stereocenters. The van der Waals surface area contributed by atoms with Crippen LogP contribution in [-0.4, -0.2) is 43.4 Å². The molecule has 0 radical (unpaired) electrons. The molecule has 4 heteroatoms. The maximum absolute atomic E-state index is 10.8. The zero-order valence-corrected chi connectivity index (χ0v) is 11.1. The summed E-state index contributed by atoms with van der Waals surface area (Å²) in [4.78, 5) is 15.7. The van der Waals surface area contributed by atoms with Crippen molar-refractivity contribution in [1.82, 2.24) is 4.90 Å². The smallest absolute Gasteiger partial charge is 0.151 e. The van der Waals surface area contributed by atoms with E-state index in [2.05, 4.69) is 9.80 Å². The zero-order valence-electron chi connectivity index (χ0n) is 10.3. The number of nitrogens with zero attached hydrogens (tertiary/aromatic N) is 2. The Morgan fingerprint density at radius 1 is 1.28 bits per heavy atom. The maximum atomic E-state index is 10.8. The number of fused-ring (bicyclic) bond motifs is 1. The molecule has 0 bridgehead atoms. The fourth-order valence-corrected chi connectivity index (χ4v) is 3.25. The minimum atomic E-state index is 0.552. The number of benzene rings is 1. The van der Waals surface area contributed by atoms with Crippen LogP contribution in [0.4, 0.5) is 5.69 Å². The normalized spacial score (nSPS) is 24.1. The Bertz CT molecular complexity index is 463. The minimum absolute atomic E-state index is 0.552. The second kappa shape index (κ2) is 4.90. The van der Waals surface area contributed by atoms with Gasteiger partial charge in [0.2, 0.25) is 0 Å². The third-order valence-electron chi connectivity index (χ3n) is 4.06. The number of carbonyl (C=O) groups is 1. The van der Waals surface area contributed by atoms with Crippen molar-refractivity contribution >= 4 is 23.6 Å². The molecule has 2 heterocycles. The van der Waals surface area contributed by atoms with E-state index in [1.165, 1.54) is 19.4 Å². The maximum Gasteiger partial charge on any atom is 0.151 e. The zero-order chi connectivity index (χ0) is 12.5. The molecule has 1 aromatic carbocycles. The lowest BCUT2D eigenvalue weighted by Crippen LogP contribution is -2.50. The lowest BCUT2D eigenvalue weighted by atomic mass is 10.1. The molecular weight excluding hydrogens is 248 g/mol. The standard InChI is InChI=1S/C14H17ClN2O/c15-14-8-12(4-3-11(14)10-18)17-7-6-16-5-1-2-13(16)9-17/h3-4,8,10,13H,1-2,5-7,9H2. The van der Waals surface area contributed by atoms with Crippen molar-refractivity contribution in [2.24, 2.45) is 0 Å². The average Bonchev–Trinajstić information content (AvgIpc) is 2.85. The van der Waals surface area contributed by atoms with Crippen LogP contribution in [0, 0.1) is 0 Å². The van der Waals surface area contributed by atoms with Crippen molar-refractivity contribution in [3.63, 3.8) is 0 Å². The summed E-state index contributed by atoms with van der Waals surface area (Å²) < 4.78 is 0. The van der Waals surface area contributed by atoms with E-state index in [4.69, 9.17) is 11.6 Å². The Balaban J connectivity index is 1.78. The first-order valence-electron chi connectivity index (χ1n) is 6.51. The van der Waals surface area contributed by atoms with Crippen molar-refractivity contribution in [3.8, 4) is 0 Å². The highest BCUT2D eigenvalue weighted by Crippen LogP contribution is 2.28. The molecule has 1 atom stereocenters. The number of rotatable bonds is 2. The first kappa shape index (κ1) is 12.0. The van der Waals surface area contributed by atoms with E-state index < -0.39 is 0 Å². The summed E-state index contributed by atoms with van der Waals surface area (Å²) in [6, 6.07) is 6.42. The third-order valence-corrected chi connectivity index (χ3v) is 4.39. The van der Waals surface area contributed by atoms with E-state index in [9.17, 15) is 4.79 Å². The number of hydrogen-bond donors (Lipinski definition) is 0. The first-order chi connectivity index (χ1) is 8.78. The summed E-state index contributed by atoms with van der Waals surface area (Å²) >= 11 is 6.09. The summed E-state index contributed by atoms with van der Waals surface area (Å²) in [5, 5.41) is 0.552. The molecular formula is C14H17ClN2O. The van der Waals surface area contributed by atoms with Crippen molar-refractivity contribution in [1.29, 1.82) is 0 Å². The Morgan fingerprint density at radius 2 is 2.17 bits per heavy atom. The lowest BCUT2D eigenvalue weighted by molar-refractivity contribution is 0.112. The molecule has 18 heavy (non-hydrogen) atoms. The van der Waals surface area contributed by atoms with E-state index in [1.54, 1.807) is 0 Å². The van der Waals surface area contributed by atoms with Gasteiger partial charge in [0.05, 0.1) is 5.02 Å². The highest BCUT2D eigenvalue weighted by molar-refractivity contribution is 6.33. The predicted molar refractivity (Wildman–Crippen MR) is 73.6 cm³/mol. The molecule has 96 valence electrons. The highest BCUT2D eigenvalue weighted by atomic mass is 35.5. The monoisotopic (exact) mass is 264 g/mol. The molecule has 0 aliphatic carbocycles. The predicted octanol–water partition coefficient (Wildman–Crippen LogP) is 2.44. The van der Waals surface area contributed by atoms with E-state index in [0.29, 0.717) is 16.6 Å². The molecule has 2 fully saturated rings. The number of halogens is 1. The molecule has 2 aliphatic heterocycles. The molecule has 2 saturated heterocycles. The summed E-state index contributed by atoms with van der Waals surface area (Å²) in [7, 11) is 0. The first-order valence-corrected chi connectivity index (χ1v) is 6.89. The molecule has 0 spiro atoms. The summed E-state index contributed by atoms with van der Waals surface area (Å²) in [5.74, 6) is 0. The van der Waals surface area contributed by atoms with Crippen LogP contribution in [0.1, 0.15) is 23.2 Å². The van der Waals surface area contributed by atoms with Crippen LogP contribution in [0.3, 0.4) is 0 Å². The van der Waals surface area contributed by atoms with Crippen LogP contribution < -0.4 is 4.90 Å². The van der Waals surface area contributed by atoms with Gasteiger partial charge in [0.25, 0.3) is 0 Å². The molecule has 1 aromatic rings. The average molecular weight is 265 g/mol. The van der Waals surface area contributed by atoms with Gasteiger partial charge in [0, 0.05) is 36.9 Å². The Kier molecular flexibility index (Phi) is 3.27.